The summed E-state index contributed by atoms with van der Waals surface area (Å²) in [6, 6.07) is 10.4. The van der Waals surface area contributed by atoms with Crippen LogP contribution in [-0.2, 0) is 19.3 Å². The van der Waals surface area contributed by atoms with Crippen LogP contribution in [0.25, 0.3) is 17.1 Å². The van der Waals surface area contributed by atoms with E-state index in [9.17, 15) is 22.7 Å². The molecule has 8 nitrogen and oxygen atoms in total. The van der Waals surface area contributed by atoms with Crippen molar-refractivity contribution >= 4 is 31.5 Å². The molecule has 0 bridgehead atoms. The number of allylic oxidation sites excluding steroid dienone is 2. The lowest BCUT2D eigenvalue weighted by Gasteiger charge is -2.20. The minimum absolute atomic E-state index is 0.0333. The first-order valence-corrected chi connectivity index (χ1v) is 11.9. The first-order chi connectivity index (χ1) is 16.0. The van der Waals surface area contributed by atoms with Crippen LogP contribution < -0.4 is 5.56 Å². The van der Waals surface area contributed by atoms with E-state index in [-0.39, 0.29) is 33.5 Å². The minimum atomic E-state index is -4.50. The molecule has 0 radical (unpaired) electrons. The molecule has 0 fully saturated rings. The van der Waals surface area contributed by atoms with E-state index in [0.29, 0.717) is 4.47 Å². The summed E-state index contributed by atoms with van der Waals surface area (Å²) in [7, 11) is -1.86. The van der Waals surface area contributed by atoms with Crippen LogP contribution >= 0.6 is 15.9 Å². The third kappa shape index (κ3) is 4.62. The molecule has 1 heterocycles. The van der Waals surface area contributed by atoms with Crippen molar-refractivity contribution in [2.24, 2.45) is 0 Å². The minimum Gasteiger partial charge on any atom is -0.499 e. The van der Waals surface area contributed by atoms with Crippen molar-refractivity contribution in [2.75, 3.05) is 14.2 Å². The Labute approximate surface area is 203 Å². The molecular formula is C23H20BrFN2O6S. The maximum absolute atomic E-state index is 13.7. The molecule has 11 heteroatoms. The first kappa shape index (κ1) is 25.2. The molecule has 3 rings (SSSR count). The third-order valence-electron chi connectivity index (χ3n) is 4.89. The summed E-state index contributed by atoms with van der Waals surface area (Å²) < 4.78 is 52.3. The second kappa shape index (κ2) is 9.82. The number of aromatic nitrogens is 2. The smallest absolute Gasteiger partial charge is 0.281 e. The Morgan fingerprint density at radius 3 is 2.21 bits per heavy atom. The number of hydrogen-bond donors (Lipinski definition) is 1. The normalized spacial score (nSPS) is 12.1. The lowest BCUT2D eigenvalue weighted by atomic mass is 10.2. The molecule has 0 saturated heterocycles. The molecule has 0 unspecified atom stereocenters. The Balaban J connectivity index is 2.48. The van der Waals surface area contributed by atoms with Gasteiger partial charge in [-0.1, -0.05) is 22.5 Å². The van der Waals surface area contributed by atoms with Crippen molar-refractivity contribution in [1.82, 2.24) is 9.55 Å². The maximum atomic E-state index is 13.7. The van der Waals surface area contributed by atoms with Gasteiger partial charge in [0.15, 0.2) is 10.7 Å². The number of rotatable bonds is 7. The summed E-state index contributed by atoms with van der Waals surface area (Å²) in [5.41, 5.74) is -0.944. The highest BCUT2D eigenvalue weighted by molar-refractivity contribution is 9.10. The molecule has 0 aliphatic rings. The molecule has 34 heavy (non-hydrogen) atoms. The second-order valence-corrected chi connectivity index (χ2v) is 9.73. The SMILES string of the molecule is C=C(OC)/C(=C(\C)OC)n1c(-c2ccc(F)cc2)nc(O)c(S(=O)(=O)c2ccc(Br)cc2)c1=O. The van der Waals surface area contributed by atoms with Crippen molar-refractivity contribution in [3.63, 3.8) is 0 Å². The van der Waals surface area contributed by atoms with Gasteiger partial charge in [0.05, 0.1) is 19.1 Å². The average Bonchev–Trinajstić information content (AvgIpc) is 2.80. The van der Waals surface area contributed by atoms with Gasteiger partial charge >= 0.3 is 0 Å². The summed E-state index contributed by atoms with van der Waals surface area (Å²) in [5.74, 6) is -1.62. The van der Waals surface area contributed by atoms with Gasteiger partial charge in [0, 0.05) is 10.0 Å². The van der Waals surface area contributed by atoms with Gasteiger partial charge in [-0.15, -0.1) is 0 Å². The van der Waals surface area contributed by atoms with Crippen LogP contribution in [0.3, 0.4) is 0 Å². The van der Waals surface area contributed by atoms with Crippen LogP contribution in [-0.4, -0.2) is 37.3 Å². The number of benzene rings is 2. The fourth-order valence-electron chi connectivity index (χ4n) is 3.13. The molecule has 0 amide bonds. The highest BCUT2D eigenvalue weighted by Crippen LogP contribution is 2.31. The standard InChI is InChI=1S/C23H20BrFN2O6S/c1-13(32-3)19(14(2)33-4)27-21(15-5-9-17(25)10-6-15)26-22(28)20(23(27)29)34(30,31)18-11-7-16(24)8-12-18/h5-12,28H,1H2,2-4H3/b19-14-. The van der Waals surface area contributed by atoms with Gasteiger partial charge in [0.25, 0.3) is 5.56 Å². The number of nitrogens with zero attached hydrogens (tertiary/aromatic N) is 2. The van der Waals surface area contributed by atoms with E-state index in [2.05, 4.69) is 27.5 Å². The quantitative estimate of drug-likeness (QED) is 0.344. The third-order valence-corrected chi connectivity index (χ3v) is 7.21. The largest absolute Gasteiger partial charge is 0.499 e. The van der Waals surface area contributed by atoms with E-state index in [1.807, 2.05) is 0 Å². The molecule has 0 aliphatic heterocycles. The van der Waals surface area contributed by atoms with Crippen molar-refractivity contribution in [3.05, 3.63) is 87.3 Å². The number of ether oxygens (including phenoxy) is 2. The van der Waals surface area contributed by atoms with Crippen LogP contribution in [0, 0.1) is 5.82 Å². The van der Waals surface area contributed by atoms with Crippen molar-refractivity contribution in [2.45, 2.75) is 16.7 Å². The number of sulfone groups is 1. The van der Waals surface area contributed by atoms with Crippen LogP contribution in [0.2, 0.25) is 0 Å². The maximum Gasteiger partial charge on any atom is 0.281 e. The van der Waals surface area contributed by atoms with Gasteiger partial charge in [0.2, 0.25) is 15.7 Å². The zero-order valence-corrected chi connectivity index (χ0v) is 20.8. The number of hydrogen-bond acceptors (Lipinski definition) is 7. The Hall–Kier alpha value is -3.44. The molecular weight excluding hydrogens is 531 g/mol. The number of methoxy groups -OCH3 is 2. The molecule has 0 atom stereocenters. The fraction of sp³-hybridized carbons (Fsp3) is 0.130. The predicted molar refractivity (Wildman–Crippen MR) is 127 cm³/mol. The molecule has 178 valence electrons. The van der Waals surface area contributed by atoms with Crippen LogP contribution in [0.1, 0.15) is 6.92 Å². The molecule has 3 aromatic rings. The highest BCUT2D eigenvalue weighted by Gasteiger charge is 2.32. The summed E-state index contributed by atoms with van der Waals surface area (Å²) in [6.07, 6.45) is 0. The first-order valence-electron chi connectivity index (χ1n) is 9.64. The van der Waals surface area contributed by atoms with Crippen LogP contribution in [0.5, 0.6) is 5.88 Å². The van der Waals surface area contributed by atoms with E-state index in [4.69, 9.17) is 9.47 Å². The second-order valence-electron chi connectivity index (χ2n) is 6.93. The Bertz CT molecular complexity index is 1450. The topological polar surface area (TPSA) is 108 Å². The fourth-order valence-corrected chi connectivity index (χ4v) is 4.73. The molecule has 1 aromatic heterocycles. The van der Waals surface area contributed by atoms with E-state index in [1.54, 1.807) is 0 Å². The van der Waals surface area contributed by atoms with Crippen LogP contribution in [0.15, 0.2) is 85.7 Å². The van der Waals surface area contributed by atoms with E-state index < -0.39 is 32.0 Å². The van der Waals surface area contributed by atoms with Gasteiger partial charge < -0.3 is 14.6 Å². The van der Waals surface area contributed by atoms with E-state index >= 15 is 0 Å². The molecule has 0 spiro atoms. The van der Waals surface area contributed by atoms with Crippen molar-refractivity contribution in [3.8, 4) is 17.3 Å². The predicted octanol–water partition coefficient (Wildman–Crippen LogP) is 4.35. The zero-order valence-electron chi connectivity index (χ0n) is 18.4. The number of halogens is 2. The van der Waals surface area contributed by atoms with Crippen LogP contribution in [0.4, 0.5) is 4.39 Å². The van der Waals surface area contributed by atoms with Gasteiger partial charge in [-0.25, -0.2) is 12.8 Å². The number of aromatic hydroxyl groups is 1. The van der Waals surface area contributed by atoms with Gasteiger partial charge in [0.1, 0.15) is 23.0 Å². The molecule has 0 aliphatic carbocycles. The van der Waals surface area contributed by atoms with Gasteiger partial charge in [-0.3, -0.25) is 9.36 Å². The highest BCUT2D eigenvalue weighted by atomic mass is 79.9. The molecule has 1 N–H and O–H groups in total. The summed E-state index contributed by atoms with van der Waals surface area (Å²) >= 11 is 3.22. The van der Waals surface area contributed by atoms with Crippen molar-refractivity contribution in [1.29, 1.82) is 0 Å². The van der Waals surface area contributed by atoms with Gasteiger partial charge in [-0.05, 0) is 55.5 Å². The molecule has 0 saturated carbocycles. The monoisotopic (exact) mass is 550 g/mol. The van der Waals surface area contributed by atoms with E-state index in [1.165, 1.54) is 57.5 Å². The Kier molecular flexibility index (Phi) is 7.27. The van der Waals surface area contributed by atoms with Crippen molar-refractivity contribution < 1.29 is 27.4 Å². The van der Waals surface area contributed by atoms with E-state index in [0.717, 1.165) is 16.7 Å². The molecule has 2 aromatic carbocycles. The average molecular weight is 551 g/mol. The lowest BCUT2D eigenvalue weighted by Crippen LogP contribution is -2.29. The Morgan fingerprint density at radius 2 is 1.68 bits per heavy atom. The zero-order chi connectivity index (χ0) is 25.2. The summed E-state index contributed by atoms with van der Waals surface area (Å²) in [6.45, 7) is 5.28. The van der Waals surface area contributed by atoms with Gasteiger partial charge in [-0.2, -0.15) is 4.98 Å². The Morgan fingerprint density at radius 1 is 1.09 bits per heavy atom. The summed E-state index contributed by atoms with van der Waals surface area (Å²) in [4.78, 5) is 16.6. The summed E-state index contributed by atoms with van der Waals surface area (Å²) in [5, 5.41) is 10.6. The lowest BCUT2D eigenvalue weighted by molar-refractivity contribution is 0.278.